The largest absolute Gasteiger partial charge is 0.390 e. The Morgan fingerprint density at radius 2 is 1.79 bits per heavy atom. The van der Waals surface area contributed by atoms with Gasteiger partial charge in [-0.3, -0.25) is 0 Å². The molecule has 2 heteroatoms. The third-order valence-electron chi connectivity index (χ3n) is 3.78. The van der Waals surface area contributed by atoms with E-state index in [0.29, 0.717) is 12.0 Å². The molecule has 0 aromatic rings. The smallest absolute Gasteiger partial charge is 0.0841 e. The summed E-state index contributed by atoms with van der Waals surface area (Å²) >= 11 is 0. The van der Waals surface area contributed by atoms with Crippen molar-refractivity contribution in [2.24, 2.45) is 5.92 Å². The second kappa shape index (κ2) is 4.63. The van der Waals surface area contributed by atoms with Crippen molar-refractivity contribution in [2.75, 3.05) is 0 Å². The van der Waals surface area contributed by atoms with Crippen molar-refractivity contribution in [1.29, 1.82) is 0 Å². The fourth-order valence-corrected chi connectivity index (χ4v) is 2.86. The van der Waals surface area contributed by atoms with Gasteiger partial charge in [-0.25, -0.2) is 0 Å². The van der Waals surface area contributed by atoms with Crippen LogP contribution in [0.4, 0.5) is 0 Å². The zero-order chi connectivity index (χ0) is 9.97. The molecule has 0 bridgehead atoms. The van der Waals surface area contributed by atoms with Crippen LogP contribution in [0, 0.1) is 5.92 Å². The summed E-state index contributed by atoms with van der Waals surface area (Å²) in [5.41, 5.74) is 0. The molecule has 14 heavy (non-hydrogen) atoms. The third-order valence-corrected chi connectivity index (χ3v) is 3.78. The molecule has 1 heterocycles. The SMILES string of the molecule is CC1CCC(C(O)C2CCCCC2)O1. The molecule has 2 aliphatic rings. The van der Waals surface area contributed by atoms with Gasteiger partial charge < -0.3 is 9.84 Å². The molecular formula is C12H22O2. The van der Waals surface area contributed by atoms with Gasteiger partial charge in [-0.1, -0.05) is 19.3 Å². The van der Waals surface area contributed by atoms with Gasteiger partial charge in [0.05, 0.1) is 18.3 Å². The van der Waals surface area contributed by atoms with E-state index < -0.39 is 0 Å². The Bertz CT molecular complexity index is 170. The molecule has 82 valence electrons. The highest BCUT2D eigenvalue weighted by atomic mass is 16.5. The van der Waals surface area contributed by atoms with E-state index in [1.807, 2.05) is 0 Å². The van der Waals surface area contributed by atoms with Crippen LogP contribution in [0.5, 0.6) is 0 Å². The summed E-state index contributed by atoms with van der Waals surface area (Å²) in [6.07, 6.45) is 8.82. The van der Waals surface area contributed by atoms with Gasteiger partial charge in [0.2, 0.25) is 0 Å². The Labute approximate surface area is 86.6 Å². The predicted octanol–water partition coefficient (Wildman–Crippen LogP) is 2.50. The molecule has 0 spiro atoms. The molecule has 1 saturated carbocycles. The monoisotopic (exact) mass is 198 g/mol. The van der Waals surface area contributed by atoms with Crippen LogP contribution < -0.4 is 0 Å². The molecule has 3 atom stereocenters. The van der Waals surface area contributed by atoms with Gasteiger partial charge in [-0.15, -0.1) is 0 Å². The van der Waals surface area contributed by atoms with Crippen molar-refractivity contribution < 1.29 is 9.84 Å². The van der Waals surface area contributed by atoms with Crippen molar-refractivity contribution in [1.82, 2.24) is 0 Å². The van der Waals surface area contributed by atoms with Crippen molar-refractivity contribution in [3.8, 4) is 0 Å². The molecule has 1 saturated heterocycles. The predicted molar refractivity (Wildman–Crippen MR) is 56.2 cm³/mol. The van der Waals surface area contributed by atoms with Gasteiger partial charge in [0.15, 0.2) is 0 Å². The van der Waals surface area contributed by atoms with E-state index in [-0.39, 0.29) is 12.2 Å². The summed E-state index contributed by atoms with van der Waals surface area (Å²) < 4.78 is 5.73. The van der Waals surface area contributed by atoms with E-state index >= 15 is 0 Å². The van der Waals surface area contributed by atoms with Crippen LogP contribution in [-0.4, -0.2) is 23.4 Å². The molecule has 0 aromatic carbocycles. The van der Waals surface area contributed by atoms with Crippen LogP contribution in [0.25, 0.3) is 0 Å². The van der Waals surface area contributed by atoms with Crippen LogP contribution in [-0.2, 0) is 4.74 Å². The maximum absolute atomic E-state index is 10.2. The first kappa shape index (κ1) is 10.4. The van der Waals surface area contributed by atoms with Crippen LogP contribution >= 0.6 is 0 Å². The fourth-order valence-electron chi connectivity index (χ4n) is 2.86. The Hall–Kier alpha value is -0.0800. The topological polar surface area (TPSA) is 29.5 Å². The Morgan fingerprint density at radius 3 is 2.36 bits per heavy atom. The quantitative estimate of drug-likeness (QED) is 0.738. The summed E-state index contributed by atoms with van der Waals surface area (Å²) in [5.74, 6) is 0.513. The lowest BCUT2D eigenvalue weighted by Gasteiger charge is -2.30. The normalized spacial score (nSPS) is 37.3. The molecule has 0 radical (unpaired) electrons. The highest BCUT2D eigenvalue weighted by Gasteiger charge is 2.33. The molecule has 2 rings (SSSR count). The number of rotatable bonds is 2. The molecule has 3 unspecified atom stereocenters. The van der Waals surface area contributed by atoms with E-state index in [2.05, 4.69) is 6.92 Å². The number of hydrogen-bond acceptors (Lipinski definition) is 2. The number of ether oxygens (including phenoxy) is 1. The minimum atomic E-state index is -0.194. The van der Waals surface area contributed by atoms with Crippen molar-refractivity contribution >= 4 is 0 Å². The summed E-state index contributed by atoms with van der Waals surface area (Å²) in [5, 5.41) is 10.2. The van der Waals surface area contributed by atoms with Gasteiger partial charge in [-0.05, 0) is 38.5 Å². The Balaban J connectivity index is 1.84. The summed E-state index contributed by atoms with van der Waals surface area (Å²) in [7, 11) is 0. The number of hydrogen-bond donors (Lipinski definition) is 1. The minimum Gasteiger partial charge on any atom is -0.390 e. The molecule has 1 aliphatic carbocycles. The van der Waals surface area contributed by atoms with Gasteiger partial charge in [0.25, 0.3) is 0 Å². The highest BCUT2D eigenvalue weighted by Crippen LogP contribution is 2.32. The maximum Gasteiger partial charge on any atom is 0.0841 e. The average molecular weight is 198 g/mol. The summed E-state index contributed by atoms with van der Waals surface area (Å²) in [6.45, 7) is 2.10. The van der Waals surface area contributed by atoms with Gasteiger partial charge in [-0.2, -0.15) is 0 Å². The maximum atomic E-state index is 10.2. The lowest BCUT2D eigenvalue weighted by Crippen LogP contribution is -2.34. The van der Waals surface area contributed by atoms with Crippen LogP contribution in [0.2, 0.25) is 0 Å². The minimum absolute atomic E-state index is 0.132. The first-order chi connectivity index (χ1) is 6.77. The summed E-state index contributed by atoms with van der Waals surface area (Å²) in [4.78, 5) is 0. The van der Waals surface area contributed by atoms with Crippen molar-refractivity contribution in [3.63, 3.8) is 0 Å². The first-order valence-corrected chi connectivity index (χ1v) is 6.11. The fraction of sp³-hybridized carbons (Fsp3) is 1.00. The summed E-state index contributed by atoms with van der Waals surface area (Å²) in [6, 6.07) is 0. The van der Waals surface area contributed by atoms with Crippen LogP contribution in [0.15, 0.2) is 0 Å². The van der Waals surface area contributed by atoms with Crippen molar-refractivity contribution in [3.05, 3.63) is 0 Å². The van der Waals surface area contributed by atoms with Gasteiger partial charge in [0, 0.05) is 0 Å². The van der Waals surface area contributed by atoms with E-state index in [9.17, 15) is 5.11 Å². The zero-order valence-electron chi connectivity index (χ0n) is 9.11. The second-order valence-corrected chi connectivity index (χ2v) is 4.95. The molecular weight excluding hydrogens is 176 g/mol. The van der Waals surface area contributed by atoms with Crippen LogP contribution in [0.3, 0.4) is 0 Å². The van der Waals surface area contributed by atoms with E-state index in [4.69, 9.17) is 4.74 Å². The highest BCUT2D eigenvalue weighted by molar-refractivity contribution is 4.83. The van der Waals surface area contributed by atoms with E-state index in [0.717, 1.165) is 12.8 Å². The molecule has 2 nitrogen and oxygen atoms in total. The molecule has 0 aromatic heterocycles. The Kier molecular flexibility index (Phi) is 3.45. The number of aliphatic hydroxyl groups excluding tert-OH is 1. The average Bonchev–Trinajstić information content (AvgIpc) is 2.65. The van der Waals surface area contributed by atoms with Gasteiger partial charge >= 0.3 is 0 Å². The molecule has 1 aliphatic heterocycles. The van der Waals surface area contributed by atoms with E-state index in [1.165, 1.54) is 32.1 Å². The third kappa shape index (κ3) is 2.29. The molecule has 0 amide bonds. The lowest BCUT2D eigenvalue weighted by atomic mass is 9.83. The first-order valence-electron chi connectivity index (χ1n) is 6.11. The van der Waals surface area contributed by atoms with E-state index in [1.54, 1.807) is 0 Å². The van der Waals surface area contributed by atoms with Crippen molar-refractivity contribution in [2.45, 2.75) is 70.2 Å². The Morgan fingerprint density at radius 1 is 1.07 bits per heavy atom. The van der Waals surface area contributed by atoms with Crippen LogP contribution in [0.1, 0.15) is 51.9 Å². The standard InChI is InChI=1S/C12H22O2/c1-9-7-8-11(14-9)12(13)10-5-3-2-4-6-10/h9-13H,2-8H2,1H3. The lowest BCUT2D eigenvalue weighted by molar-refractivity contribution is -0.0596. The molecule has 1 N–H and O–H groups in total. The second-order valence-electron chi connectivity index (χ2n) is 4.95. The molecule has 2 fully saturated rings. The van der Waals surface area contributed by atoms with Gasteiger partial charge in [0.1, 0.15) is 0 Å². The number of aliphatic hydroxyl groups is 1. The zero-order valence-corrected chi connectivity index (χ0v) is 9.11.